The molecular formula is C9H16IN. The lowest BCUT2D eigenvalue weighted by molar-refractivity contribution is 0.244. The van der Waals surface area contributed by atoms with E-state index in [1.165, 1.54) is 32.1 Å². The van der Waals surface area contributed by atoms with Crippen molar-refractivity contribution in [2.45, 2.75) is 48.5 Å². The second-order valence-electron chi connectivity index (χ2n) is 4.48. The SMILES string of the molecule is CC(N)C12CCC(I)(CC1)C2. The molecule has 2 bridgehead atoms. The van der Waals surface area contributed by atoms with E-state index in [-0.39, 0.29) is 0 Å². The van der Waals surface area contributed by atoms with Gasteiger partial charge in [-0.25, -0.2) is 0 Å². The zero-order chi connectivity index (χ0) is 8.11. The van der Waals surface area contributed by atoms with Crippen molar-refractivity contribution in [2.24, 2.45) is 11.1 Å². The predicted molar refractivity (Wildman–Crippen MR) is 55.9 cm³/mol. The van der Waals surface area contributed by atoms with Crippen molar-refractivity contribution in [1.29, 1.82) is 0 Å². The van der Waals surface area contributed by atoms with Crippen LogP contribution in [0.4, 0.5) is 0 Å². The maximum atomic E-state index is 6.03. The van der Waals surface area contributed by atoms with E-state index in [0.717, 1.165) is 0 Å². The van der Waals surface area contributed by atoms with Gasteiger partial charge in [0.05, 0.1) is 0 Å². The maximum Gasteiger partial charge on any atom is 0.0228 e. The van der Waals surface area contributed by atoms with Crippen LogP contribution in [0.5, 0.6) is 0 Å². The molecule has 2 aliphatic carbocycles. The molecule has 1 nitrogen and oxygen atoms in total. The van der Waals surface area contributed by atoms with Crippen LogP contribution in [0.1, 0.15) is 39.0 Å². The zero-order valence-electron chi connectivity index (χ0n) is 7.07. The normalized spacial score (nSPS) is 51.5. The molecule has 1 unspecified atom stereocenters. The van der Waals surface area contributed by atoms with Crippen molar-refractivity contribution in [3.63, 3.8) is 0 Å². The van der Waals surface area contributed by atoms with Crippen molar-refractivity contribution in [1.82, 2.24) is 0 Å². The first-order chi connectivity index (χ1) is 5.06. The third-order valence-electron chi connectivity index (χ3n) is 3.78. The molecule has 0 aromatic rings. The monoisotopic (exact) mass is 265 g/mol. The number of hydrogen-bond donors (Lipinski definition) is 1. The Balaban J connectivity index is 2.20. The molecule has 0 heterocycles. The van der Waals surface area contributed by atoms with E-state index in [1.807, 2.05) is 0 Å². The second kappa shape index (κ2) is 2.34. The fourth-order valence-corrected chi connectivity index (χ4v) is 4.10. The second-order valence-corrected chi connectivity index (χ2v) is 6.77. The van der Waals surface area contributed by atoms with E-state index in [0.29, 0.717) is 14.9 Å². The molecule has 0 amide bonds. The molecule has 11 heavy (non-hydrogen) atoms. The molecule has 0 aliphatic heterocycles. The Morgan fingerprint density at radius 3 is 2.00 bits per heavy atom. The molecule has 2 saturated carbocycles. The first-order valence-electron chi connectivity index (χ1n) is 4.51. The van der Waals surface area contributed by atoms with Crippen molar-refractivity contribution >= 4 is 22.6 Å². The largest absolute Gasteiger partial charge is 0.327 e. The van der Waals surface area contributed by atoms with Gasteiger partial charge in [0.25, 0.3) is 0 Å². The number of rotatable bonds is 1. The summed E-state index contributed by atoms with van der Waals surface area (Å²) in [6.45, 7) is 2.19. The molecule has 0 radical (unpaired) electrons. The highest BCUT2D eigenvalue weighted by atomic mass is 127. The third-order valence-corrected chi connectivity index (χ3v) is 5.24. The van der Waals surface area contributed by atoms with Gasteiger partial charge in [0.15, 0.2) is 0 Å². The standard InChI is InChI=1S/C9H16IN/c1-7(11)8-2-4-9(10,6-8)5-3-8/h7H,2-6,11H2,1H3. The van der Waals surface area contributed by atoms with E-state index in [1.54, 1.807) is 0 Å². The molecule has 0 saturated heterocycles. The minimum absolute atomic E-state index is 0.418. The average Bonchev–Trinajstić information content (AvgIpc) is 2.42. The Kier molecular flexibility index (Phi) is 1.77. The van der Waals surface area contributed by atoms with Crippen molar-refractivity contribution in [3.8, 4) is 0 Å². The van der Waals surface area contributed by atoms with Crippen molar-refractivity contribution in [3.05, 3.63) is 0 Å². The van der Waals surface area contributed by atoms with Gasteiger partial charge < -0.3 is 5.73 Å². The zero-order valence-corrected chi connectivity index (χ0v) is 9.23. The lowest BCUT2D eigenvalue weighted by Gasteiger charge is -2.30. The van der Waals surface area contributed by atoms with Gasteiger partial charge in [-0.15, -0.1) is 0 Å². The summed E-state index contributed by atoms with van der Waals surface area (Å²) in [6, 6.07) is 0.418. The summed E-state index contributed by atoms with van der Waals surface area (Å²) < 4.78 is 0.644. The van der Waals surface area contributed by atoms with E-state index >= 15 is 0 Å². The Hall–Kier alpha value is 0.690. The first kappa shape index (κ1) is 8.30. The highest BCUT2D eigenvalue weighted by molar-refractivity contribution is 14.1. The van der Waals surface area contributed by atoms with Crippen LogP contribution in [0.2, 0.25) is 0 Å². The molecule has 64 valence electrons. The van der Waals surface area contributed by atoms with Gasteiger partial charge in [-0.1, -0.05) is 22.6 Å². The van der Waals surface area contributed by atoms with Crippen LogP contribution < -0.4 is 5.73 Å². The highest BCUT2D eigenvalue weighted by Crippen LogP contribution is 2.61. The first-order valence-corrected chi connectivity index (χ1v) is 5.59. The van der Waals surface area contributed by atoms with Crippen molar-refractivity contribution in [2.75, 3.05) is 0 Å². The Morgan fingerprint density at radius 1 is 1.27 bits per heavy atom. The summed E-state index contributed by atoms with van der Waals surface area (Å²) in [6.07, 6.45) is 6.98. The summed E-state index contributed by atoms with van der Waals surface area (Å²) in [5, 5.41) is 0. The van der Waals surface area contributed by atoms with Crippen LogP contribution in [0.3, 0.4) is 0 Å². The molecule has 2 aliphatic rings. The fraction of sp³-hybridized carbons (Fsp3) is 1.00. The Labute approximate surface area is 82.2 Å². The minimum atomic E-state index is 0.418. The Morgan fingerprint density at radius 2 is 1.82 bits per heavy atom. The molecule has 2 N–H and O–H groups in total. The van der Waals surface area contributed by atoms with Crippen LogP contribution >= 0.6 is 22.6 Å². The molecule has 0 aromatic heterocycles. The maximum absolute atomic E-state index is 6.03. The van der Waals surface area contributed by atoms with Crippen LogP contribution in [-0.2, 0) is 0 Å². The number of halogens is 1. The molecule has 2 fully saturated rings. The smallest absolute Gasteiger partial charge is 0.0228 e. The summed E-state index contributed by atoms with van der Waals surface area (Å²) in [4.78, 5) is 0. The summed E-state index contributed by atoms with van der Waals surface area (Å²) >= 11 is 2.66. The topological polar surface area (TPSA) is 26.0 Å². The van der Waals surface area contributed by atoms with Crippen LogP contribution in [0, 0.1) is 5.41 Å². The van der Waals surface area contributed by atoms with E-state index in [4.69, 9.17) is 5.73 Å². The minimum Gasteiger partial charge on any atom is -0.327 e. The van der Waals surface area contributed by atoms with Crippen molar-refractivity contribution < 1.29 is 0 Å². The molecule has 2 heteroatoms. The molecule has 2 rings (SSSR count). The fourth-order valence-electron chi connectivity index (χ4n) is 2.80. The van der Waals surface area contributed by atoms with Gasteiger partial charge in [-0.3, -0.25) is 0 Å². The Bertz CT molecular complexity index is 168. The lowest BCUT2D eigenvalue weighted by atomic mass is 9.79. The van der Waals surface area contributed by atoms with E-state index < -0.39 is 0 Å². The quantitative estimate of drug-likeness (QED) is 0.572. The van der Waals surface area contributed by atoms with Gasteiger partial charge in [-0.2, -0.15) is 0 Å². The van der Waals surface area contributed by atoms with Gasteiger partial charge in [-0.05, 0) is 44.4 Å². The van der Waals surface area contributed by atoms with Gasteiger partial charge >= 0.3 is 0 Å². The molecule has 1 atom stereocenters. The van der Waals surface area contributed by atoms with Crippen LogP contribution in [0.15, 0.2) is 0 Å². The van der Waals surface area contributed by atoms with E-state index in [9.17, 15) is 0 Å². The summed E-state index contributed by atoms with van der Waals surface area (Å²) in [5.74, 6) is 0. The highest BCUT2D eigenvalue weighted by Gasteiger charge is 2.54. The lowest BCUT2D eigenvalue weighted by Crippen LogP contribution is -2.35. The van der Waals surface area contributed by atoms with Crippen LogP contribution in [-0.4, -0.2) is 9.46 Å². The third kappa shape index (κ3) is 1.13. The van der Waals surface area contributed by atoms with Gasteiger partial charge in [0.2, 0.25) is 0 Å². The molecular weight excluding hydrogens is 249 g/mol. The number of nitrogens with two attached hydrogens (primary N) is 1. The van der Waals surface area contributed by atoms with Crippen LogP contribution in [0.25, 0.3) is 0 Å². The van der Waals surface area contributed by atoms with Gasteiger partial charge in [0, 0.05) is 9.46 Å². The average molecular weight is 265 g/mol. The van der Waals surface area contributed by atoms with E-state index in [2.05, 4.69) is 29.5 Å². The predicted octanol–water partition coefficient (Wildman–Crippen LogP) is 2.47. The molecule has 0 spiro atoms. The number of hydrogen-bond acceptors (Lipinski definition) is 1. The number of fused-ring (bicyclic) bond motifs is 2. The number of alkyl halides is 1. The summed E-state index contributed by atoms with van der Waals surface area (Å²) in [7, 11) is 0. The van der Waals surface area contributed by atoms with Gasteiger partial charge in [0.1, 0.15) is 0 Å². The molecule has 0 aromatic carbocycles. The summed E-state index contributed by atoms with van der Waals surface area (Å²) in [5.41, 5.74) is 6.57.